The summed E-state index contributed by atoms with van der Waals surface area (Å²) in [5.74, 6) is 0.513. The van der Waals surface area contributed by atoms with Crippen LogP contribution in [0, 0.1) is 6.92 Å². The van der Waals surface area contributed by atoms with Gasteiger partial charge in [0.05, 0.1) is 5.56 Å². The number of pyridine rings is 1. The molecule has 1 aliphatic carbocycles. The van der Waals surface area contributed by atoms with Crippen molar-refractivity contribution in [1.82, 2.24) is 29.6 Å². The average molecular weight is 432 g/mol. The third-order valence-corrected chi connectivity index (χ3v) is 5.81. The molecule has 5 rings (SSSR count). The highest BCUT2D eigenvalue weighted by Gasteiger charge is 2.20. The van der Waals surface area contributed by atoms with Crippen molar-refractivity contribution in [2.24, 2.45) is 0 Å². The van der Waals surface area contributed by atoms with Crippen LogP contribution < -0.4 is 11.0 Å². The predicted octanol–water partition coefficient (Wildman–Crippen LogP) is 2.97. The molecule has 1 aromatic carbocycles. The Morgan fingerprint density at radius 2 is 2.03 bits per heavy atom. The minimum absolute atomic E-state index is 0.130. The summed E-state index contributed by atoms with van der Waals surface area (Å²) in [6.07, 6.45) is 7.03. The first-order valence-corrected chi connectivity index (χ1v) is 10.9. The van der Waals surface area contributed by atoms with Crippen LogP contribution in [0.15, 0.2) is 51.9 Å². The molecule has 1 N–H and O–H groups in total. The molecule has 0 bridgehead atoms. The van der Waals surface area contributed by atoms with Gasteiger partial charge in [-0.2, -0.15) is 4.98 Å². The van der Waals surface area contributed by atoms with Gasteiger partial charge in [-0.25, -0.2) is 13.9 Å². The highest BCUT2D eigenvalue weighted by Crippen LogP contribution is 2.25. The number of nitrogens with zero attached hydrogens (tertiary/aromatic N) is 5. The normalized spacial score (nSPS) is 14.7. The Morgan fingerprint density at radius 3 is 2.84 bits per heavy atom. The minimum atomic E-state index is -0.390. The van der Waals surface area contributed by atoms with Crippen molar-refractivity contribution in [2.45, 2.75) is 51.6 Å². The van der Waals surface area contributed by atoms with Crippen molar-refractivity contribution in [3.63, 3.8) is 0 Å². The second-order valence-corrected chi connectivity index (χ2v) is 8.25. The van der Waals surface area contributed by atoms with Crippen LogP contribution in [0.3, 0.4) is 0 Å². The number of hydrogen-bond donors (Lipinski definition) is 1. The zero-order valence-corrected chi connectivity index (χ0v) is 17.8. The van der Waals surface area contributed by atoms with Crippen molar-refractivity contribution >= 4 is 11.6 Å². The molecule has 0 unspecified atom stereocenters. The monoisotopic (exact) mass is 432 g/mol. The molecule has 3 heterocycles. The number of aryl methyl sites for hydroxylation is 1. The topological polar surface area (TPSA) is 107 Å². The van der Waals surface area contributed by atoms with Gasteiger partial charge in [-0.05, 0) is 38.0 Å². The largest absolute Gasteiger partial charge is 0.352 e. The van der Waals surface area contributed by atoms with E-state index >= 15 is 0 Å². The molecule has 0 radical (unpaired) electrons. The second-order valence-electron chi connectivity index (χ2n) is 8.25. The van der Waals surface area contributed by atoms with Gasteiger partial charge in [-0.3, -0.25) is 4.79 Å². The Labute approximate surface area is 184 Å². The zero-order chi connectivity index (χ0) is 22.1. The molecule has 1 fully saturated rings. The molecular formula is C23H24N6O3. The zero-order valence-electron chi connectivity index (χ0n) is 17.8. The number of rotatable bonds is 5. The Bertz CT molecular complexity index is 1330. The van der Waals surface area contributed by atoms with E-state index in [0.29, 0.717) is 17.0 Å². The molecule has 1 amide bonds. The van der Waals surface area contributed by atoms with Crippen LogP contribution in [0.5, 0.6) is 0 Å². The minimum Gasteiger partial charge on any atom is -0.352 e. The van der Waals surface area contributed by atoms with Gasteiger partial charge >= 0.3 is 5.69 Å². The first-order chi connectivity index (χ1) is 15.6. The lowest BCUT2D eigenvalue weighted by Crippen LogP contribution is -2.40. The molecular weight excluding hydrogens is 408 g/mol. The van der Waals surface area contributed by atoms with E-state index < -0.39 is 0 Å². The van der Waals surface area contributed by atoms with Crippen LogP contribution in [0.25, 0.3) is 28.5 Å². The fraction of sp³-hybridized carbons (Fsp3) is 0.348. The molecule has 0 aliphatic heterocycles. The van der Waals surface area contributed by atoms with E-state index in [1.807, 2.05) is 31.2 Å². The van der Waals surface area contributed by atoms with Gasteiger partial charge in [-0.15, -0.1) is 5.10 Å². The maximum Gasteiger partial charge on any atom is 0.350 e. The van der Waals surface area contributed by atoms with Gasteiger partial charge in [-0.1, -0.05) is 48.2 Å². The number of amides is 1. The lowest BCUT2D eigenvalue weighted by molar-refractivity contribution is -0.122. The first-order valence-electron chi connectivity index (χ1n) is 10.9. The Kier molecular flexibility index (Phi) is 5.30. The Hall–Kier alpha value is -3.75. The van der Waals surface area contributed by atoms with Gasteiger partial charge in [0.25, 0.3) is 5.89 Å². The molecule has 0 spiro atoms. The maximum atomic E-state index is 12.8. The summed E-state index contributed by atoms with van der Waals surface area (Å²) in [4.78, 5) is 29.8. The summed E-state index contributed by atoms with van der Waals surface area (Å²) >= 11 is 0. The highest BCUT2D eigenvalue weighted by atomic mass is 16.5. The van der Waals surface area contributed by atoms with E-state index in [4.69, 9.17) is 4.52 Å². The molecule has 164 valence electrons. The number of nitrogens with one attached hydrogen (secondary N) is 1. The molecule has 0 atom stereocenters. The van der Waals surface area contributed by atoms with E-state index in [2.05, 4.69) is 20.6 Å². The van der Waals surface area contributed by atoms with E-state index in [1.54, 1.807) is 18.3 Å². The third-order valence-electron chi connectivity index (χ3n) is 5.81. The number of aromatic nitrogens is 5. The average Bonchev–Trinajstić information content (AvgIpc) is 3.40. The van der Waals surface area contributed by atoms with Crippen LogP contribution >= 0.6 is 0 Å². The molecule has 9 nitrogen and oxygen atoms in total. The number of benzene rings is 1. The maximum absolute atomic E-state index is 12.8. The van der Waals surface area contributed by atoms with E-state index in [9.17, 15) is 9.59 Å². The van der Waals surface area contributed by atoms with E-state index in [1.165, 1.54) is 15.5 Å². The van der Waals surface area contributed by atoms with Crippen LogP contribution in [0.2, 0.25) is 0 Å². The van der Waals surface area contributed by atoms with Crippen molar-refractivity contribution in [2.75, 3.05) is 0 Å². The predicted molar refractivity (Wildman–Crippen MR) is 118 cm³/mol. The van der Waals surface area contributed by atoms with Crippen LogP contribution in [-0.4, -0.2) is 36.3 Å². The summed E-state index contributed by atoms with van der Waals surface area (Å²) < 4.78 is 8.04. The van der Waals surface area contributed by atoms with Gasteiger partial charge in [0.2, 0.25) is 11.7 Å². The van der Waals surface area contributed by atoms with E-state index in [0.717, 1.165) is 36.8 Å². The van der Waals surface area contributed by atoms with Crippen molar-refractivity contribution in [3.8, 4) is 22.8 Å². The second kappa shape index (κ2) is 8.41. The third kappa shape index (κ3) is 3.93. The lowest BCUT2D eigenvalue weighted by atomic mass is 9.95. The van der Waals surface area contributed by atoms with Gasteiger partial charge < -0.3 is 9.84 Å². The van der Waals surface area contributed by atoms with Gasteiger partial charge in [0.1, 0.15) is 6.54 Å². The summed E-state index contributed by atoms with van der Waals surface area (Å²) in [5.41, 5.74) is 2.44. The van der Waals surface area contributed by atoms with Gasteiger partial charge in [0.15, 0.2) is 5.65 Å². The summed E-state index contributed by atoms with van der Waals surface area (Å²) in [7, 11) is 0. The SMILES string of the molecule is Cc1cccc(-c2noc(-c3cccn4c(=O)n(CC(=O)NC5CCCCC5)nc34)n2)c1. The van der Waals surface area contributed by atoms with Crippen molar-refractivity contribution < 1.29 is 9.32 Å². The van der Waals surface area contributed by atoms with Crippen molar-refractivity contribution in [3.05, 3.63) is 58.6 Å². The number of fused-ring (bicyclic) bond motifs is 1. The number of carbonyl (C=O) groups is 1. The lowest BCUT2D eigenvalue weighted by Gasteiger charge is -2.22. The fourth-order valence-electron chi connectivity index (χ4n) is 4.20. The Balaban J connectivity index is 1.43. The fourth-order valence-corrected chi connectivity index (χ4v) is 4.20. The standard InChI is InChI=1S/C23H24N6O3/c1-15-7-5-8-16(13-15)20-25-22(32-27-20)18-11-6-12-28-21(18)26-29(23(28)31)14-19(30)24-17-9-3-2-4-10-17/h5-8,11-13,17H,2-4,9-10,14H2,1H3,(H,24,30). The van der Waals surface area contributed by atoms with Crippen LogP contribution in [0.4, 0.5) is 0 Å². The van der Waals surface area contributed by atoms with Crippen molar-refractivity contribution in [1.29, 1.82) is 0 Å². The molecule has 0 saturated heterocycles. The van der Waals surface area contributed by atoms with Gasteiger partial charge in [0, 0.05) is 17.8 Å². The summed E-state index contributed by atoms with van der Waals surface area (Å²) in [6, 6.07) is 11.5. The van der Waals surface area contributed by atoms with E-state index in [-0.39, 0.29) is 30.1 Å². The summed E-state index contributed by atoms with van der Waals surface area (Å²) in [5, 5.41) is 11.5. The molecule has 1 aliphatic rings. The molecule has 32 heavy (non-hydrogen) atoms. The van der Waals surface area contributed by atoms with Crippen LogP contribution in [-0.2, 0) is 11.3 Å². The quantitative estimate of drug-likeness (QED) is 0.520. The highest BCUT2D eigenvalue weighted by molar-refractivity contribution is 5.76. The number of hydrogen-bond acceptors (Lipinski definition) is 6. The van der Waals surface area contributed by atoms with Crippen LogP contribution in [0.1, 0.15) is 37.7 Å². The molecule has 9 heteroatoms. The summed E-state index contributed by atoms with van der Waals surface area (Å²) in [6.45, 7) is 1.86. The molecule has 4 aromatic rings. The number of carbonyl (C=O) groups excluding carboxylic acids is 1. The Morgan fingerprint density at radius 1 is 1.19 bits per heavy atom. The molecule has 3 aromatic heterocycles. The molecule has 1 saturated carbocycles. The first kappa shape index (κ1) is 20.2. The smallest absolute Gasteiger partial charge is 0.350 e.